The number of nitriles is 1. The first-order valence-electron chi connectivity index (χ1n) is 10.9. The summed E-state index contributed by atoms with van der Waals surface area (Å²) in [6.45, 7) is 6.73. The molecule has 0 aliphatic carbocycles. The van der Waals surface area contributed by atoms with Gasteiger partial charge in [0, 0.05) is 11.6 Å². The minimum atomic E-state index is -3.47. The fourth-order valence-corrected chi connectivity index (χ4v) is 4.08. The highest BCUT2D eigenvalue weighted by Crippen LogP contribution is 2.38. The zero-order chi connectivity index (χ0) is 25.6. The molecule has 184 valence electrons. The van der Waals surface area contributed by atoms with E-state index in [1.165, 1.54) is 6.20 Å². The Morgan fingerprint density at radius 3 is 2.46 bits per heavy atom. The molecule has 0 spiro atoms. The molecule has 3 rings (SSSR count). The third-order valence-electron chi connectivity index (χ3n) is 5.29. The third kappa shape index (κ3) is 6.84. The van der Waals surface area contributed by atoms with Gasteiger partial charge < -0.3 is 9.47 Å². The van der Waals surface area contributed by atoms with Crippen LogP contribution in [0.2, 0.25) is 5.02 Å². The number of benzene rings is 2. The smallest absolute Gasteiger partial charge is 0.236 e. The number of nitrogens with zero attached hydrogens (tertiary/aromatic N) is 3. The van der Waals surface area contributed by atoms with Crippen molar-refractivity contribution in [2.45, 2.75) is 39.2 Å². The van der Waals surface area contributed by atoms with Crippen molar-refractivity contribution in [3.8, 4) is 17.6 Å². The van der Waals surface area contributed by atoms with Gasteiger partial charge in [-0.1, -0.05) is 44.5 Å². The van der Waals surface area contributed by atoms with E-state index < -0.39 is 15.4 Å². The largest absolute Gasteiger partial charge is 0.491 e. The van der Waals surface area contributed by atoms with E-state index in [1.807, 2.05) is 43.3 Å². The Kier molecular flexibility index (Phi) is 8.20. The summed E-state index contributed by atoms with van der Waals surface area (Å²) in [6, 6.07) is 15.1. The topological polar surface area (TPSA) is 114 Å². The number of aromatic nitrogens is 2. The first-order valence-corrected chi connectivity index (χ1v) is 13.2. The molecule has 0 unspecified atom stereocenters. The van der Waals surface area contributed by atoms with E-state index >= 15 is 0 Å². The van der Waals surface area contributed by atoms with Gasteiger partial charge in [0.2, 0.25) is 16.0 Å². The lowest BCUT2D eigenvalue weighted by Gasteiger charge is -2.27. The SMILES string of the molecule is CCCOc1c(Cl)cc(C(C)(C)c2ccc(OCc3ccnc(NS(C)(=O)=O)n3)cc2)cc1C#N. The van der Waals surface area contributed by atoms with Gasteiger partial charge in [-0.05, 0) is 47.9 Å². The Hall–Kier alpha value is -3.35. The van der Waals surface area contributed by atoms with E-state index in [0.29, 0.717) is 34.4 Å². The van der Waals surface area contributed by atoms with Gasteiger partial charge in [-0.25, -0.2) is 18.4 Å². The average molecular weight is 515 g/mol. The normalized spacial score (nSPS) is 11.5. The van der Waals surface area contributed by atoms with Gasteiger partial charge >= 0.3 is 0 Å². The molecule has 0 saturated heterocycles. The van der Waals surface area contributed by atoms with Gasteiger partial charge in [-0.15, -0.1) is 0 Å². The van der Waals surface area contributed by atoms with Crippen molar-refractivity contribution in [3.05, 3.63) is 76.1 Å². The van der Waals surface area contributed by atoms with Crippen molar-refractivity contribution in [2.24, 2.45) is 0 Å². The van der Waals surface area contributed by atoms with Crippen molar-refractivity contribution >= 4 is 27.6 Å². The second-order valence-electron chi connectivity index (χ2n) is 8.48. The minimum Gasteiger partial charge on any atom is -0.491 e. The molecule has 0 bridgehead atoms. The Balaban J connectivity index is 1.75. The Morgan fingerprint density at radius 1 is 1.11 bits per heavy atom. The summed E-state index contributed by atoms with van der Waals surface area (Å²) in [5, 5.41) is 10.0. The summed E-state index contributed by atoms with van der Waals surface area (Å²) < 4.78 is 36.5. The molecule has 0 saturated carbocycles. The van der Waals surface area contributed by atoms with Gasteiger partial charge in [0.15, 0.2) is 5.75 Å². The van der Waals surface area contributed by atoms with Crippen LogP contribution < -0.4 is 14.2 Å². The van der Waals surface area contributed by atoms with Crippen LogP contribution in [0, 0.1) is 11.3 Å². The Morgan fingerprint density at radius 2 is 1.83 bits per heavy atom. The molecule has 0 aliphatic rings. The molecule has 10 heteroatoms. The molecule has 0 atom stereocenters. The summed E-state index contributed by atoms with van der Waals surface area (Å²) >= 11 is 6.47. The van der Waals surface area contributed by atoms with Crippen LogP contribution in [0.15, 0.2) is 48.7 Å². The Labute approximate surface area is 211 Å². The molecular weight excluding hydrogens is 488 g/mol. The number of ether oxygens (including phenoxy) is 2. The number of rotatable bonds is 10. The predicted octanol–water partition coefficient (Wildman–Crippen LogP) is 5.07. The molecule has 8 nitrogen and oxygen atoms in total. The number of anilines is 1. The lowest BCUT2D eigenvalue weighted by atomic mass is 9.77. The summed E-state index contributed by atoms with van der Waals surface area (Å²) in [5.74, 6) is 1.03. The summed E-state index contributed by atoms with van der Waals surface area (Å²) in [4.78, 5) is 8.04. The van der Waals surface area contributed by atoms with E-state index in [9.17, 15) is 13.7 Å². The first kappa shape index (κ1) is 26.3. The van der Waals surface area contributed by atoms with Crippen LogP contribution in [0.4, 0.5) is 5.95 Å². The maximum atomic E-state index is 11.4. The van der Waals surface area contributed by atoms with Crippen LogP contribution in [0.1, 0.15) is 49.6 Å². The second kappa shape index (κ2) is 10.9. The molecule has 35 heavy (non-hydrogen) atoms. The number of nitrogens with one attached hydrogen (secondary N) is 1. The highest BCUT2D eigenvalue weighted by Gasteiger charge is 2.26. The third-order valence-corrected chi connectivity index (χ3v) is 6.12. The quantitative estimate of drug-likeness (QED) is 0.401. The molecule has 1 heterocycles. The first-order chi connectivity index (χ1) is 16.5. The van der Waals surface area contributed by atoms with Crippen molar-refractivity contribution in [1.82, 2.24) is 9.97 Å². The molecule has 1 aromatic heterocycles. The standard InChI is InChI=1S/C25H27ClN4O4S/c1-5-12-33-23-17(15-27)13-19(14-22(23)26)25(2,3)18-6-8-21(9-7-18)34-16-20-10-11-28-24(29-20)30-35(4,31)32/h6-11,13-14H,5,12,16H2,1-4H3,(H,28,29,30). The zero-order valence-corrected chi connectivity index (χ0v) is 21.6. The van der Waals surface area contributed by atoms with E-state index in [4.69, 9.17) is 21.1 Å². The summed E-state index contributed by atoms with van der Waals surface area (Å²) in [6.07, 6.45) is 3.31. The molecule has 1 N–H and O–H groups in total. The summed E-state index contributed by atoms with van der Waals surface area (Å²) in [7, 11) is -3.47. The van der Waals surface area contributed by atoms with Crippen LogP contribution in [0.5, 0.6) is 11.5 Å². The van der Waals surface area contributed by atoms with Gasteiger partial charge in [0.1, 0.15) is 18.4 Å². The van der Waals surface area contributed by atoms with Crippen LogP contribution in [0.3, 0.4) is 0 Å². The van der Waals surface area contributed by atoms with Crippen LogP contribution in [-0.4, -0.2) is 31.2 Å². The highest BCUT2D eigenvalue weighted by atomic mass is 35.5. The van der Waals surface area contributed by atoms with Gasteiger partial charge in [0.05, 0.1) is 29.1 Å². The van der Waals surface area contributed by atoms with Gasteiger partial charge in [-0.2, -0.15) is 5.26 Å². The van der Waals surface area contributed by atoms with E-state index in [-0.39, 0.29) is 12.6 Å². The van der Waals surface area contributed by atoms with Crippen molar-refractivity contribution < 1.29 is 17.9 Å². The number of sulfonamides is 1. The Bertz CT molecular complexity index is 1340. The van der Waals surface area contributed by atoms with E-state index in [1.54, 1.807) is 6.07 Å². The van der Waals surface area contributed by atoms with E-state index in [2.05, 4.69) is 34.6 Å². The molecule has 3 aromatic rings. The minimum absolute atomic E-state index is 0.00721. The molecule has 0 amide bonds. The molecule has 0 radical (unpaired) electrons. The monoisotopic (exact) mass is 514 g/mol. The van der Waals surface area contributed by atoms with E-state index in [0.717, 1.165) is 23.8 Å². The second-order valence-corrected chi connectivity index (χ2v) is 10.6. The van der Waals surface area contributed by atoms with Gasteiger partial charge in [-0.3, -0.25) is 4.72 Å². The highest BCUT2D eigenvalue weighted by molar-refractivity contribution is 7.91. The van der Waals surface area contributed by atoms with Crippen molar-refractivity contribution in [1.29, 1.82) is 5.26 Å². The van der Waals surface area contributed by atoms with Crippen LogP contribution in [0.25, 0.3) is 0 Å². The molecular formula is C25H27ClN4O4S. The molecule has 2 aromatic carbocycles. The lowest BCUT2D eigenvalue weighted by Crippen LogP contribution is -2.19. The fraction of sp³-hybridized carbons (Fsp3) is 0.320. The zero-order valence-electron chi connectivity index (χ0n) is 20.0. The number of halogens is 1. The van der Waals surface area contributed by atoms with Crippen LogP contribution in [-0.2, 0) is 22.0 Å². The average Bonchev–Trinajstić information content (AvgIpc) is 2.81. The van der Waals surface area contributed by atoms with Crippen molar-refractivity contribution in [3.63, 3.8) is 0 Å². The van der Waals surface area contributed by atoms with Crippen molar-refractivity contribution in [2.75, 3.05) is 17.6 Å². The maximum Gasteiger partial charge on any atom is 0.236 e. The maximum absolute atomic E-state index is 11.4. The molecule has 0 aliphatic heterocycles. The molecule has 0 fully saturated rings. The summed E-state index contributed by atoms with van der Waals surface area (Å²) in [5.41, 5.74) is 2.40. The predicted molar refractivity (Wildman–Crippen MR) is 135 cm³/mol. The fourth-order valence-electron chi connectivity index (χ4n) is 3.37. The van der Waals surface area contributed by atoms with Crippen LogP contribution >= 0.6 is 11.6 Å². The number of hydrogen-bond acceptors (Lipinski definition) is 7. The van der Waals surface area contributed by atoms with Gasteiger partial charge in [0.25, 0.3) is 0 Å². The number of hydrogen-bond donors (Lipinski definition) is 1. The lowest BCUT2D eigenvalue weighted by molar-refractivity contribution is 0.301.